The second-order valence-corrected chi connectivity index (χ2v) is 12.0. The van der Waals surface area contributed by atoms with Gasteiger partial charge in [0.1, 0.15) is 70.9 Å². The Balaban J connectivity index is 1.71. The number of methoxy groups -OCH3 is 1. The molecular formula is C33H40O15. The van der Waals surface area contributed by atoms with Gasteiger partial charge >= 0.3 is 0 Å². The van der Waals surface area contributed by atoms with Gasteiger partial charge in [0.25, 0.3) is 0 Å². The molecule has 15 nitrogen and oxygen atoms in total. The monoisotopic (exact) mass is 676 g/mol. The number of phenols is 1. The normalized spacial score (nSPS) is 30.6. The minimum Gasteiger partial charge on any atom is -0.507 e. The van der Waals surface area contributed by atoms with Crippen molar-refractivity contribution in [3.05, 3.63) is 57.8 Å². The van der Waals surface area contributed by atoms with Crippen LogP contribution in [0.4, 0.5) is 0 Å². The predicted molar refractivity (Wildman–Crippen MR) is 167 cm³/mol. The van der Waals surface area contributed by atoms with Crippen LogP contribution in [-0.2, 0) is 15.9 Å². The largest absolute Gasteiger partial charge is 0.507 e. The molecule has 0 radical (unpaired) electrons. The lowest BCUT2D eigenvalue weighted by atomic mass is 9.99. The van der Waals surface area contributed by atoms with E-state index in [4.69, 9.17) is 28.1 Å². The highest BCUT2D eigenvalue weighted by molar-refractivity contribution is 5.91. The van der Waals surface area contributed by atoms with Crippen LogP contribution in [0.5, 0.6) is 23.0 Å². The van der Waals surface area contributed by atoms with E-state index in [9.17, 15) is 45.6 Å². The molecule has 2 aliphatic rings. The molecule has 0 saturated carbocycles. The van der Waals surface area contributed by atoms with E-state index in [0.717, 1.165) is 11.6 Å². The summed E-state index contributed by atoms with van der Waals surface area (Å²) in [5.41, 5.74) is 0.341. The van der Waals surface area contributed by atoms with Gasteiger partial charge in [-0.25, -0.2) is 0 Å². The van der Waals surface area contributed by atoms with Crippen LogP contribution in [0.15, 0.2) is 51.2 Å². The fourth-order valence-electron chi connectivity index (χ4n) is 5.52. The van der Waals surface area contributed by atoms with Crippen molar-refractivity contribution in [2.24, 2.45) is 0 Å². The van der Waals surface area contributed by atoms with Crippen LogP contribution in [0.3, 0.4) is 0 Å². The molecule has 0 amide bonds. The maximum absolute atomic E-state index is 14.3. The summed E-state index contributed by atoms with van der Waals surface area (Å²) in [6, 6.07) is 7.41. The molecule has 3 aromatic rings. The summed E-state index contributed by atoms with van der Waals surface area (Å²) in [6.45, 7) is 4.40. The van der Waals surface area contributed by atoms with E-state index in [1.54, 1.807) is 30.3 Å². The molecule has 0 aliphatic carbocycles. The number of hydrogen-bond acceptors (Lipinski definition) is 15. The Morgan fingerprint density at radius 3 is 2.10 bits per heavy atom. The zero-order valence-corrected chi connectivity index (χ0v) is 26.6. The fraction of sp³-hybridized carbons (Fsp3) is 0.485. The summed E-state index contributed by atoms with van der Waals surface area (Å²) in [7, 11) is 1.47. The van der Waals surface area contributed by atoms with Crippen molar-refractivity contribution in [1.29, 1.82) is 0 Å². The molecule has 10 atom stereocenters. The van der Waals surface area contributed by atoms with Crippen molar-refractivity contribution in [2.45, 2.75) is 88.6 Å². The van der Waals surface area contributed by atoms with Gasteiger partial charge in [-0.2, -0.15) is 0 Å². The average molecular weight is 677 g/mol. The van der Waals surface area contributed by atoms with Gasteiger partial charge in [-0.05, 0) is 51.5 Å². The highest BCUT2D eigenvalue weighted by Crippen LogP contribution is 2.41. The summed E-state index contributed by atoms with van der Waals surface area (Å²) < 4.78 is 34.5. The zero-order valence-electron chi connectivity index (χ0n) is 26.6. The van der Waals surface area contributed by atoms with Gasteiger partial charge in [0.05, 0.1) is 19.8 Å². The van der Waals surface area contributed by atoms with Gasteiger partial charge in [-0.3, -0.25) is 4.79 Å². The first-order valence-electron chi connectivity index (χ1n) is 15.2. The van der Waals surface area contributed by atoms with Crippen LogP contribution in [0.1, 0.15) is 26.3 Å². The number of aliphatic hydroxyl groups is 7. The molecule has 5 rings (SSSR count). The van der Waals surface area contributed by atoms with Gasteiger partial charge in [-0.1, -0.05) is 11.6 Å². The van der Waals surface area contributed by atoms with Crippen LogP contribution < -0.4 is 19.6 Å². The second-order valence-electron chi connectivity index (χ2n) is 12.0. The quantitative estimate of drug-likeness (QED) is 0.140. The summed E-state index contributed by atoms with van der Waals surface area (Å²) in [5.74, 6) is -0.922. The number of hydrogen-bond donors (Lipinski definition) is 8. The molecule has 8 N–H and O–H groups in total. The highest BCUT2D eigenvalue weighted by atomic mass is 16.7. The van der Waals surface area contributed by atoms with Crippen LogP contribution in [-0.4, -0.2) is 116 Å². The Morgan fingerprint density at radius 1 is 0.875 bits per heavy atom. The standard InChI is InChI=1S/C33H40O15/c1-13(2)5-10-17-19(45-33-28(42)26(40)23(37)20(12-34)46-33)11-18(35)21-24(38)31(48-32-27(41)25(39)22(36)14(3)44-32)29(47-30(17)21)15-6-8-16(43-4)9-7-15/h5-9,11,14,20,22-23,25-28,32-37,39-42H,10,12H2,1-4H3/t14-,20+,22-,23-,25+,26-,27+,28+,32+,33+/m0/s1. The van der Waals surface area contributed by atoms with Crippen LogP contribution in [0, 0.1) is 0 Å². The first-order chi connectivity index (χ1) is 22.8. The van der Waals surface area contributed by atoms with Crippen LogP contribution in [0.25, 0.3) is 22.3 Å². The highest BCUT2D eigenvalue weighted by Gasteiger charge is 2.46. The first kappa shape index (κ1) is 35.5. The van der Waals surface area contributed by atoms with Gasteiger partial charge in [0, 0.05) is 17.2 Å². The summed E-state index contributed by atoms with van der Waals surface area (Å²) >= 11 is 0. The molecule has 2 fully saturated rings. The van der Waals surface area contributed by atoms with Gasteiger partial charge in [-0.15, -0.1) is 0 Å². The van der Waals surface area contributed by atoms with Crippen molar-refractivity contribution in [2.75, 3.05) is 13.7 Å². The molecule has 3 heterocycles. The van der Waals surface area contributed by atoms with Gasteiger partial charge in [0.15, 0.2) is 5.76 Å². The smallest absolute Gasteiger partial charge is 0.239 e. The Morgan fingerprint density at radius 2 is 1.50 bits per heavy atom. The number of phenolic OH excluding ortho intramolecular Hbond substituents is 1. The third-order valence-corrected chi connectivity index (χ3v) is 8.37. The predicted octanol–water partition coefficient (Wildman–Crippen LogP) is 0.0679. The molecule has 48 heavy (non-hydrogen) atoms. The minimum absolute atomic E-state index is 0.0725. The molecule has 0 spiro atoms. The third-order valence-electron chi connectivity index (χ3n) is 8.37. The number of fused-ring (bicyclic) bond motifs is 1. The van der Waals surface area contributed by atoms with Crippen molar-refractivity contribution in [3.8, 4) is 34.3 Å². The molecule has 2 aliphatic heterocycles. The van der Waals surface area contributed by atoms with Crippen molar-refractivity contribution >= 4 is 11.0 Å². The molecule has 0 bridgehead atoms. The molecule has 2 aromatic carbocycles. The number of allylic oxidation sites excluding steroid dienone is 2. The van der Waals surface area contributed by atoms with Crippen LogP contribution in [0.2, 0.25) is 0 Å². The molecule has 262 valence electrons. The van der Waals surface area contributed by atoms with E-state index in [2.05, 4.69) is 0 Å². The molecule has 2 saturated heterocycles. The maximum atomic E-state index is 14.3. The lowest BCUT2D eigenvalue weighted by Gasteiger charge is -2.39. The molecular weight excluding hydrogens is 636 g/mol. The van der Waals surface area contributed by atoms with E-state index in [-0.39, 0.29) is 34.5 Å². The summed E-state index contributed by atoms with van der Waals surface area (Å²) in [4.78, 5) is 14.3. The van der Waals surface area contributed by atoms with E-state index < -0.39 is 84.9 Å². The maximum Gasteiger partial charge on any atom is 0.239 e. The Hall–Kier alpha value is -3.77. The Labute approximate surface area is 274 Å². The lowest BCUT2D eigenvalue weighted by Crippen LogP contribution is -2.60. The third kappa shape index (κ3) is 6.74. The SMILES string of the molecule is COc1ccc(-c2oc3c(CC=C(C)C)c(O[C@@H]4O[C@H](CO)[C@H](O)[C@H](O)[C@H]4O)cc(O)c3c(=O)c2O[C@H]2O[C@@H](C)[C@H](O)[C@@H](O)[C@H]2O)cc1. The van der Waals surface area contributed by atoms with Crippen LogP contribution >= 0.6 is 0 Å². The van der Waals surface area contributed by atoms with E-state index in [1.165, 1.54) is 14.0 Å². The topological polar surface area (TPSA) is 238 Å². The number of benzene rings is 2. The Kier molecular flexibility index (Phi) is 10.6. The second kappa shape index (κ2) is 14.4. The fourth-order valence-corrected chi connectivity index (χ4v) is 5.52. The van der Waals surface area contributed by atoms with E-state index in [1.807, 2.05) is 13.8 Å². The number of ether oxygens (including phenoxy) is 5. The van der Waals surface area contributed by atoms with E-state index >= 15 is 0 Å². The molecule has 1 aromatic heterocycles. The number of aromatic hydroxyl groups is 1. The van der Waals surface area contributed by atoms with Gasteiger partial charge in [0.2, 0.25) is 23.8 Å². The minimum atomic E-state index is -1.77. The molecule has 0 unspecified atom stereocenters. The van der Waals surface area contributed by atoms with Crippen molar-refractivity contribution in [1.82, 2.24) is 0 Å². The zero-order chi connectivity index (χ0) is 35.0. The lowest BCUT2D eigenvalue weighted by molar-refractivity contribution is -0.277. The van der Waals surface area contributed by atoms with Crippen molar-refractivity contribution in [3.63, 3.8) is 0 Å². The average Bonchev–Trinajstić information content (AvgIpc) is 3.06. The Bertz CT molecular complexity index is 1680. The number of aliphatic hydroxyl groups excluding tert-OH is 7. The van der Waals surface area contributed by atoms with Crippen molar-refractivity contribution < 1.29 is 69.0 Å². The summed E-state index contributed by atoms with van der Waals surface area (Å²) in [5, 5.41) is 82.9. The number of rotatable bonds is 9. The summed E-state index contributed by atoms with van der Waals surface area (Å²) in [6.07, 6.45) is -13.7. The van der Waals surface area contributed by atoms with E-state index in [0.29, 0.717) is 11.3 Å². The van der Waals surface area contributed by atoms with Gasteiger partial charge < -0.3 is 69.0 Å². The first-order valence-corrected chi connectivity index (χ1v) is 15.2. The molecule has 15 heteroatoms.